The van der Waals surface area contributed by atoms with Crippen molar-refractivity contribution in [1.82, 2.24) is 15.0 Å². The van der Waals surface area contributed by atoms with Gasteiger partial charge in [-0.05, 0) is 74.8 Å². The molecule has 0 fully saturated rings. The molecule has 0 spiro atoms. The molecule has 0 bridgehead atoms. The number of thiophene rings is 2. The van der Waals surface area contributed by atoms with E-state index in [0.717, 1.165) is 27.6 Å². The van der Waals surface area contributed by atoms with Gasteiger partial charge in [-0.15, -0.1) is 22.7 Å². The molecule has 0 radical (unpaired) electrons. The van der Waals surface area contributed by atoms with E-state index in [0.29, 0.717) is 17.5 Å². The van der Waals surface area contributed by atoms with Gasteiger partial charge in [-0.3, -0.25) is 0 Å². The minimum atomic E-state index is 0.642. The van der Waals surface area contributed by atoms with E-state index in [2.05, 4.69) is 194 Å². The fourth-order valence-corrected chi connectivity index (χ4v) is 11.1. The molecule has 0 unspecified atom stereocenters. The van der Waals surface area contributed by atoms with Crippen LogP contribution in [-0.4, -0.2) is 15.0 Å². The number of benzene rings is 9. The zero-order chi connectivity index (χ0) is 41.0. The summed E-state index contributed by atoms with van der Waals surface area (Å²) in [6, 6.07) is 75.7. The van der Waals surface area contributed by atoms with Crippen molar-refractivity contribution in [2.45, 2.75) is 0 Å². The Labute approximate surface area is 366 Å². The number of nitrogens with zero attached hydrogens (tertiary/aromatic N) is 3. The second-order valence-corrected chi connectivity index (χ2v) is 17.7. The van der Waals surface area contributed by atoms with Gasteiger partial charge in [-0.1, -0.05) is 182 Å². The maximum absolute atomic E-state index is 5.32. The Morgan fingerprint density at radius 2 is 0.758 bits per heavy atom. The van der Waals surface area contributed by atoms with Crippen LogP contribution in [0.5, 0.6) is 0 Å². The largest absolute Gasteiger partial charge is 0.208 e. The van der Waals surface area contributed by atoms with Gasteiger partial charge in [0.2, 0.25) is 0 Å². The minimum absolute atomic E-state index is 0.642. The van der Waals surface area contributed by atoms with Crippen LogP contribution >= 0.6 is 22.7 Å². The highest BCUT2D eigenvalue weighted by Gasteiger charge is 2.19. The van der Waals surface area contributed by atoms with Gasteiger partial charge < -0.3 is 0 Å². The summed E-state index contributed by atoms with van der Waals surface area (Å²) in [6.07, 6.45) is 0. The molecule has 290 valence electrons. The van der Waals surface area contributed by atoms with E-state index >= 15 is 0 Å². The average molecular weight is 826 g/mol. The average Bonchev–Trinajstić information content (AvgIpc) is 3.93. The van der Waals surface area contributed by atoms with E-state index in [1.54, 1.807) is 0 Å². The fraction of sp³-hybridized carbons (Fsp3) is 0. The molecule has 5 heteroatoms. The molecule has 0 atom stereocenters. The predicted octanol–water partition coefficient (Wildman–Crippen LogP) is 16.3. The van der Waals surface area contributed by atoms with Crippen LogP contribution in [0, 0.1) is 0 Å². The van der Waals surface area contributed by atoms with Gasteiger partial charge in [-0.25, -0.2) is 15.0 Å². The molecule has 0 saturated carbocycles. The van der Waals surface area contributed by atoms with Gasteiger partial charge in [-0.2, -0.15) is 0 Å². The first kappa shape index (κ1) is 36.3. The lowest BCUT2D eigenvalue weighted by Crippen LogP contribution is -2.00. The number of hydrogen-bond donors (Lipinski definition) is 0. The molecule has 12 aromatic rings. The van der Waals surface area contributed by atoms with Crippen LogP contribution in [0.25, 0.3) is 119 Å². The molecule has 0 aliphatic rings. The third-order valence-corrected chi connectivity index (χ3v) is 14.1. The molecule has 9 aromatic carbocycles. The summed E-state index contributed by atoms with van der Waals surface area (Å²) in [5, 5.41) is 4.91. The summed E-state index contributed by atoms with van der Waals surface area (Å²) in [4.78, 5) is 15.7. The molecule has 3 aromatic heterocycles. The first-order chi connectivity index (χ1) is 30.7. The first-order valence-electron chi connectivity index (χ1n) is 20.8. The Morgan fingerprint density at radius 1 is 0.258 bits per heavy atom. The zero-order valence-electron chi connectivity index (χ0n) is 33.4. The number of rotatable bonds is 7. The van der Waals surface area contributed by atoms with Crippen molar-refractivity contribution >= 4 is 63.0 Å². The molecule has 62 heavy (non-hydrogen) atoms. The molecule has 12 rings (SSSR count). The summed E-state index contributed by atoms with van der Waals surface area (Å²) < 4.78 is 5.00. The molecule has 0 aliphatic heterocycles. The lowest BCUT2D eigenvalue weighted by molar-refractivity contribution is 1.08. The van der Waals surface area contributed by atoms with Gasteiger partial charge in [0.1, 0.15) is 0 Å². The van der Waals surface area contributed by atoms with E-state index < -0.39 is 0 Å². The van der Waals surface area contributed by atoms with Crippen LogP contribution in [0.1, 0.15) is 0 Å². The summed E-state index contributed by atoms with van der Waals surface area (Å²) in [5.41, 5.74) is 12.4. The van der Waals surface area contributed by atoms with E-state index in [1.165, 1.54) is 73.9 Å². The molecule has 0 saturated heterocycles. The van der Waals surface area contributed by atoms with E-state index in [9.17, 15) is 0 Å². The highest BCUT2D eigenvalue weighted by Crippen LogP contribution is 2.44. The SMILES string of the molecule is c1ccc(-c2ccc(-c3ccccc3-c3ccc4sc5cccc(-c6nc(-c7ccccc7)nc(-c7cccc(-c8cccc9c8sc8ccccc89)c7)n6)c5c4c3)cc2)cc1. The molecule has 3 heterocycles. The quantitative estimate of drug-likeness (QED) is 0.161. The second kappa shape index (κ2) is 15.2. The third kappa shape index (κ3) is 6.38. The van der Waals surface area contributed by atoms with Crippen molar-refractivity contribution < 1.29 is 0 Å². The van der Waals surface area contributed by atoms with Crippen molar-refractivity contribution in [2.24, 2.45) is 0 Å². The Balaban J connectivity index is 0.992. The fourth-order valence-electron chi connectivity index (χ4n) is 8.78. The zero-order valence-corrected chi connectivity index (χ0v) is 35.0. The minimum Gasteiger partial charge on any atom is -0.208 e. The van der Waals surface area contributed by atoms with E-state index in [1.807, 2.05) is 40.9 Å². The van der Waals surface area contributed by atoms with Crippen molar-refractivity contribution in [3.8, 4) is 78.7 Å². The van der Waals surface area contributed by atoms with Crippen LogP contribution in [0.4, 0.5) is 0 Å². The molecular formula is C57H35N3S2. The van der Waals surface area contributed by atoms with Crippen LogP contribution in [0.2, 0.25) is 0 Å². The van der Waals surface area contributed by atoms with Gasteiger partial charge in [0.25, 0.3) is 0 Å². The highest BCUT2D eigenvalue weighted by atomic mass is 32.1. The monoisotopic (exact) mass is 825 g/mol. The van der Waals surface area contributed by atoms with E-state index in [4.69, 9.17) is 15.0 Å². The topological polar surface area (TPSA) is 38.7 Å². The lowest BCUT2D eigenvalue weighted by Gasteiger charge is -2.12. The standard InChI is InChI=1S/C57H35N3S2/c1-3-14-36(15-4-1)37-28-30-38(31-29-37)43-20-7-8-21-44(43)41-32-33-51-49(35-41)53-48(25-13-27-52(53)61-51)57-59-55(39-16-5-2-6-17-39)58-56(60-57)42-19-11-18-40(34-42)45-23-12-24-47-46-22-9-10-26-50(46)62-54(45)47/h1-35H. The Morgan fingerprint density at radius 3 is 1.58 bits per heavy atom. The van der Waals surface area contributed by atoms with Gasteiger partial charge in [0.05, 0.1) is 0 Å². The maximum atomic E-state index is 5.32. The summed E-state index contributed by atoms with van der Waals surface area (Å²) in [5.74, 6) is 1.94. The number of hydrogen-bond acceptors (Lipinski definition) is 5. The van der Waals surface area contributed by atoms with Gasteiger partial charge in [0.15, 0.2) is 17.5 Å². The van der Waals surface area contributed by atoms with Crippen LogP contribution < -0.4 is 0 Å². The van der Waals surface area contributed by atoms with Crippen LogP contribution in [0.3, 0.4) is 0 Å². The highest BCUT2D eigenvalue weighted by molar-refractivity contribution is 7.26. The molecule has 0 amide bonds. The van der Waals surface area contributed by atoms with Crippen molar-refractivity contribution in [1.29, 1.82) is 0 Å². The van der Waals surface area contributed by atoms with Crippen LogP contribution in [-0.2, 0) is 0 Å². The smallest absolute Gasteiger partial charge is 0.164 e. The Bertz CT molecular complexity index is 3630. The molecular weight excluding hydrogens is 791 g/mol. The second-order valence-electron chi connectivity index (χ2n) is 15.5. The van der Waals surface area contributed by atoms with Gasteiger partial charge >= 0.3 is 0 Å². The Kier molecular flexibility index (Phi) is 8.87. The van der Waals surface area contributed by atoms with Gasteiger partial charge in [0, 0.05) is 57.0 Å². The summed E-state index contributed by atoms with van der Waals surface area (Å²) >= 11 is 3.65. The Hall–Kier alpha value is -7.57. The van der Waals surface area contributed by atoms with Crippen molar-refractivity contribution in [2.75, 3.05) is 0 Å². The molecule has 3 nitrogen and oxygen atoms in total. The number of aromatic nitrogens is 3. The van der Waals surface area contributed by atoms with Crippen molar-refractivity contribution in [3.05, 3.63) is 212 Å². The van der Waals surface area contributed by atoms with Crippen molar-refractivity contribution in [3.63, 3.8) is 0 Å². The molecule has 0 aliphatic carbocycles. The predicted molar refractivity (Wildman–Crippen MR) is 264 cm³/mol. The lowest BCUT2D eigenvalue weighted by atomic mass is 9.92. The third-order valence-electron chi connectivity index (χ3n) is 11.8. The molecule has 0 N–H and O–H groups in total. The maximum Gasteiger partial charge on any atom is 0.164 e. The summed E-state index contributed by atoms with van der Waals surface area (Å²) in [7, 11) is 0. The normalized spacial score (nSPS) is 11.5. The summed E-state index contributed by atoms with van der Waals surface area (Å²) in [6.45, 7) is 0. The van der Waals surface area contributed by atoms with Crippen LogP contribution in [0.15, 0.2) is 212 Å². The van der Waals surface area contributed by atoms with E-state index in [-0.39, 0.29) is 0 Å². The number of fused-ring (bicyclic) bond motifs is 6. The first-order valence-corrected chi connectivity index (χ1v) is 22.4.